The van der Waals surface area contributed by atoms with Crippen molar-refractivity contribution in [3.8, 4) is 0 Å². The van der Waals surface area contributed by atoms with Crippen LogP contribution < -0.4 is 10.4 Å². The van der Waals surface area contributed by atoms with Crippen molar-refractivity contribution in [2.24, 2.45) is 0 Å². The van der Waals surface area contributed by atoms with Gasteiger partial charge in [-0.3, -0.25) is 0 Å². The maximum Gasteiger partial charge on any atom is 0.192 e. The van der Waals surface area contributed by atoms with Crippen molar-refractivity contribution in [3.05, 3.63) is 40.2 Å². The molecule has 0 saturated carbocycles. The highest BCUT2D eigenvalue weighted by Crippen LogP contribution is 2.26. The molecule has 4 nitrogen and oxygen atoms in total. The zero-order valence-corrected chi connectivity index (χ0v) is 10.5. The molecule has 0 aliphatic carbocycles. The second-order valence-corrected chi connectivity index (χ2v) is 3.85. The number of hydrogen-bond acceptors (Lipinski definition) is 4. The van der Waals surface area contributed by atoms with Crippen LogP contribution in [0.4, 0.5) is 5.69 Å². The number of ether oxygens (including phenoxy) is 1. The van der Waals surface area contributed by atoms with Gasteiger partial charge in [-0.15, -0.1) is 0 Å². The molecule has 0 spiro atoms. The Balaban J connectivity index is 2.89. The molecular formula is C11H10Cl2NO3-. The lowest BCUT2D eigenvalue weighted by atomic mass is 10.3. The summed E-state index contributed by atoms with van der Waals surface area (Å²) in [5.74, 6) is -1.30. The average Bonchev–Trinajstić information content (AvgIpc) is 2.21. The van der Waals surface area contributed by atoms with E-state index in [1.807, 2.05) is 0 Å². The minimum Gasteiger partial charge on any atom is -0.545 e. The van der Waals surface area contributed by atoms with E-state index in [-0.39, 0.29) is 5.88 Å². The quantitative estimate of drug-likeness (QED) is 0.659. The van der Waals surface area contributed by atoms with Crippen LogP contribution in [-0.4, -0.2) is 12.6 Å². The van der Waals surface area contributed by atoms with E-state index < -0.39 is 5.97 Å². The molecule has 0 amide bonds. The summed E-state index contributed by atoms with van der Waals surface area (Å²) in [6, 6.07) is 4.78. The molecule has 0 aromatic heterocycles. The molecule has 6 heteroatoms. The summed E-state index contributed by atoms with van der Waals surface area (Å²) in [5, 5.41) is 14.0. The highest BCUT2D eigenvalue weighted by atomic mass is 35.5. The standard InChI is InChI=1S/C11H11Cl2NO3/c1-2-17-10(6-11(15)16)14-9-4-3-7(12)5-8(9)13/h3-6,14H,2H2,1H3,(H,15,16)/p-1. The summed E-state index contributed by atoms with van der Waals surface area (Å²) in [4.78, 5) is 10.5. The SMILES string of the molecule is CCOC(=CC(=O)[O-])Nc1ccc(Cl)cc1Cl. The maximum absolute atomic E-state index is 10.5. The number of carboxylic acids is 1. The third-order valence-electron chi connectivity index (χ3n) is 1.74. The molecule has 0 radical (unpaired) electrons. The molecule has 1 rings (SSSR count). The van der Waals surface area contributed by atoms with E-state index in [4.69, 9.17) is 27.9 Å². The van der Waals surface area contributed by atoms with Gasteiger partial charge in [0.1, 0.15) is 0 Å². The van der Waals surface area contributed by atoms with E-state index >= 15 is 0 Å². The summed E-state index contributed by atoms with van der Waals surface area (Å²) in [7, 11) is 0. The number of halogens is 2. The van der Waals surface area contributed by atoms with Gasteiger partial charge < -0.3 is 20.0 Å². The molecular weight excluding hydrogens is 265 g/mol. The fourth-order valence-electron chi connectivity index (χ4n) is 1.10. The van der Waals surface area contributed by atoms with Gasteiger partial charge in [0.15, 0.2) is 5.88 Å². The Morgan fingerprint density at radius 3 is 2.76 bits per heavy atom. The normalized spacial score (nSPS) is 11.1. The van der Waals surface area contributed by atoms with Crippen molar-refractivity contribution in [1.82, 2.24) is 0 Å². The van der Waals surface area contributed by atoms with Gasteiger partial charge in [-0.25, -0.2) is 0 Å². The highest BCUT2D eigenvalue weighted by molar-refractivity contribution is 6.36. The van der Waals surface area contributed by atoms with Gasteiger partial charge in [-0.2, -0.15) is 0 Å². The number of aliphatic carboxylic acids is 1. The molecule has 1 N–H and O–H groups in total. The van der Waals surface area contributed by atoms with Crippen LogP contribution in [-0.2, 0) is 9.53 Å². The number of carboxylic acid groups (broad SMARTS) is 1. The van der Waals surface area contributed by atoms with Crippen molar-refractivity contribution in [2.45, 2.75) is 6.92 Å². The van der Waals surface area contributed by atoms with Crippen molar-refractivity contribution in [1.29, 1.82) is 0 Å². The minimum absolute atomic E-state index is 0.0525. The average molecular weight is 275 g/mol. The molecule has 1 aromatic carbocycles. The largest absolute Gasteiger partial charge is 0.545 e. The van der Waals surface area contributed by atoms with Crippen LogP contribution in [0.15, 0.2) is 30.2 Å². The molecule has 92 valence electrons. The lowest BCUT2D eigenvalue weighted by Gasteiger charge is -2.13. The summed E-state index contributed by atoms with van der Waals surface area (Å²) in [6.07, 6.45) is 0.814. The van der Waals surface area contributed by atoms with Crippen molar-refractivity contribution >= 4 is 34.9 Å². The Labute approximate surface area is 109 Å². The van der Waals surface area contributed by atoms with Crippen LogP contribution in [0.3, 0.4) is 0 Å². The number of hydrogen-bond donors (Lipinski definition) is 1. The Kier molecular flexibility index (Phi) is 5.12. The van der Waals surface area contributed by atoms with E-state index in [0.29, 0.717) is 22.3 Å². The molecule has 1 aromatic rings. The summed E-state index contributed by atoms with van der Waals surface area (Å²) < 4.78 is 5.08. The molecule has 17 heavy (non-hydrogen) atoms. The molecule has 0 saturated heterocycles. The minimum atomic E-state index is -1.36. The smallest absolute Gasteiger partial charge is 0.192 e. The van der Waals surface area contributed by atoms with Crippen LogP contribution in [0, 0.1) is 0 Å². The van der Waals surface area contributed by atoms with Crippen molar-refractivity contribution in [2.75, 3.05) is 11.9 Å². The van der Waals surface area contributed by atoms with Gasteiger partial charge in [-0.05, 0) is 25.1 Å². The third-order valence-corrected chi connectivity index (χ3v) is 2.29. The second-order valence-electron chi connectivity index (χ2n) is 3.01. The Bertz CT molecular complexity index is 446. The van der Waals surface area contributed by atoms with Crippen LogP contribution in [0.5, 0.6) is 0 Å². The summed E-state index contributed by atoms with van der Waals surface area (Å²) >= 11 is 11.7. The summed E-state index contributed by atoms with van der Waals surface area (Å²) in [5.41, 5.74) is 0.497. The Morgan fingerprint density at radius 1 is 1.53 bits per heavy atom. The first-order valence-electron chi connectivity index (χ1n) is 4.80. The second kappa shape index (κ2) is 6.37. The molecule has 0 bridgehead atoms. The topological polar surface area (TPSA) is 61.4 Å². The van der Waals surface area contributed by atoms with Gasteiger partial charge in [0.2, 0.25) is 0 Å². The van der Waals surface area contributed by atoms with Crippen LogP contribution in [0.25, 0.3) is 0 Å². The van der Waals surface area contributed by atoms with Crippen LogP contribution in [0.1, 0.15) is 6.92 Å². The number of benzene rings is 1. The van der Waals surface area contributed by atoms with E-state index in [1.165, 1.54) is 6.07 Å². The van der Waals surface area contributed by atoms with E-state index in [9.17, 15) is 9.90 Å². The summed E-state index contributed by atoms with van der Waals surface area (Å²) in [6.45, 7) is 2.05. The number of nitrogens with one attached hydrogen (secondary N) is 1. The number of anilines is 1. The fraction of sp³-hybridized carbons (Fsp3) is 0.182. The van der Waals surface area contributed by atoms with Crippen molar-refractivity contribution < 1.29 is 14.6 Å². The van der Waals surface area contributed by atoms with Gasteiger partial charge in [0.25, 0.3) is 0 Å². The van der Waals surface area contributed by atoms with Gasteiger partial charge in [0.05, 0.1) is 23.3 Å². The molecule has 0 fully saturated rings. The molecule has 0 aliphatic rings. The van der Waals surface area contributed by atoms with Gasteiger partial charge in [-0.1, -0.05) is 23.2 Å². The number of carbonyl (C=O) groups excluding carboxylic acids is 1. The van der Waals surface area contributed by atoms with Gasteiger partial charge >= 0.3 is 0 Å². The predicted molar refractivity (Wildman–Crippen MR) is 64.8 cm³/mol. The Morgan fingerprint density at radius 2 is 2.24 bits per heavy atom. The van der Waals surface area contributed by atoms with Crippen LogP contribution in [0.2, 0.25) is 10.0 Å². The van der Waals surface area contributed by atoms with E-state index in [0.717, 1.165) is 6.08 Å². The zero-order chi connectivity index (χ0) is 12.8. The number of rotatable bonds is 5. The highest BCUT2D eigenvalue weighted by Gasteiger charge is 2.04. The van der Waals surface area contributed by atoms with Crippen molar-refractivity contribution in [3.63, 3.8) is 0 Å². The molecule has 0 unspecified atom stereocenters. The lowest BCUT2D eigenvalue weighted by Crippen LogP contribution is -2.21. The lowest BCUT2D eigenvalue weighted by molar-refractivity contribution is -0.297. The molecule has 0 aliphatic heterocycles. The third kappa shape index (κ3) is 4.54. The first-order chi connectivity index (χ1) is 8.02. The Hall–Kier alpha value is -1.39. The number of carbonyl (C=O) groups is 1. The van der Waals surface area contributed by atoms with E-state index in [2.05, 4.69) is 5.32 Å². The van der Waals surface area contributed by atoms with Gasteiger partial charge in [0, 0.05) is 11.1 Å². The predicted octanol–water partition coefficient (Wildman–Crippen LogP) is 2.03. The van der Waals surface area contributed by atoms with E-state index in [1.54, 1.807) is 19.1 Å². The molecule has 0 heterocycles. The maximum atomic E-state index is 10.5. The first kappa shape index (κ1) is 13.7. The molecule has 0 atom stereocenters. The monoisotopic (exact) mass is 274 g/mol. The van der Waals surface area contributed by atoms with Crippen LogP contribution >= 0.6 is 23.2 Å². The zero-order valence-electron chi connectivity index (χ0n) is 9.00. The first-order valence-corrected chi connectivity index (χ1v) is 5.56. The fourth-order valence-corrected chi connectivity index (χ4v) is 1.56.